The second-order valence-corrected chi connectivity index (χ2v) is 4.65. The Labute approximate surface area is 109 Å². The zero-order chi connectivity index (χ0) is 12.8. The van der Waals surface area contributed by atoms with E-state index >= 15 is 0 Å². The average Bonchev–Trinajstić information content (AvgIpc) is 2.85. The van der Waals surface area contributed by atoms with Gasteiger partial charge in [-0.3, -0.25) is 0 Å². The van der Waals surface area contributed by atoms with Crippen LogP contribution in [0.15, 0.2) is 18.2 Å². The van der Waals surface area contributed by atoms with E-state index in [2.05, 4.69) is 28.8 Å². The number of methoxy groups -OCH3 is 2. The molecule has 2 rings (SSSR count). The molecular weight excluding hydrogens is 228 g/mol. The summed E-state index contributed by atoms with van der Waals surface area (Å²) in [5.41, 5.74) is 4.17. The molecule has 0 bridgehead atoms. The molecule has 0 aromatic heterocycles. The van der Waals surface area contributed by atoms with E-state index in [1.165, 1.54) is 16.7 Å². The van der Waals surface area contributed by atoms with Crippen molar-refractivity contribution in [3.05, 3.63) is 34.9 Å². The number of hydrogen-bond acceptors (Lipinski definition) is 4. The Balaban J connectivity index is 1.79. The van der Waals surface area contributed by atoms with Crippen molar-refractivity contribution in [3.63, 3.8) is 0 Å². The molecule has 1 unspecified atom stereocenters. The number of nitrogens with one attached hydrogen (secondary N) is 2. The zero-order valence-electron chi connectivity index (χ0n) is 11.2. The molecule has 18 heavy (non-hydrogen) atoms. The van der Waals surface area contributed by atoms with E-state index in [0.717, 1.165) is 26.2 Å². The minimum absolute atomic E-state index is 0.117. The van der Waals surface area contributed by atoms with Crippen LogP contribution in [0.3, 0.4) is 0 Å². The lowest BCUT2D eigenvalue weighted by Gasteiger charge is -2.15. The highest BCUT2D eigenvalue weighted by Gasteiger charge is 2.10. The summed E-state index contributed by atoms with van der Waals surface area (Å²) in [6, 6.07) is 6.69. The fourth-order valence-electron chi connectivity index (χ4n) is 2.23. The number of ether oxygens (including phenoxy) is 2. The van der Waals surface area contributed by atoms with Crippen LogP contribution in [0, 0.1) is 0 Å². The van der Waals surface area contributed by atoms with Crippen molar-refractivity contribution < 1.29 is 9.47 Å². The van der Waals surface area contributed by atoms with Gasteiger partial charge in [-0.1, -0.05) is 18.2 Å². The molecule has 0 saturated carbocycles. The summed E-state index contributed by atoms with van der Waals surface area (Å²) >= 11 is 0. The maximum atomic E-state index is 5.31. The molecule has 1 aliphatic heterocycles. The normalized spacial score (nSPS) is 15.7. The molecule has 0 fully saturated rings. The minimum Gasteiger partial charge on any atom is -0.382 e. The van der Waals surface area contributed by atoms with E-state index in [-0.39, 0.29) is 6.10 Å². The highest BCUT2D eigenvalue weighted by atomic mass is 16.5. The molecule has 1 heterocycles. The molecule has 1 atom stereocenters. The Morgan fingerprint density at radius 1 is 1.28 bits per heavy atom. The third-order valence-electron chi connectivity index (χ3n) is 3.29. The lowest BCUT2D eigenvalue weighted by molar-refractivity contribution is 0.0288. The average molecular weight is 250 g/mol. The number of rotatable bonds is 7. The predicted octanol–water partition coefficient (Wildman–Crippen LogP) is 1.04. The van der Waals surface area contributed by atoms with Crippen LogP contribution in [0.25, 0.3) is 0 Å². The molecule has 1 aromatic carbocycles. The number of benzene rings is 1. The maximum Gasteiger partial charge on any atom is 0.0928 e. The molecule has 1 aromatic rings. The van der Waals surface area contributed by atoms with Crippen molar-refractivity contribution in [1.29, 1.82) is 0 Å². The molecule has 2 N–H and O–H groups in total. The third-order valence-corrected chi connectivity index (χ3v) is 3.29. The first kappa shape index (κ1) is 13.5. The molecule has 0 saturated heterocycles. The van der Waals surface area contributed by atoms with Crippen LogP contribution in [0.2, 0.25) is 0 Å². The molecule has 1 aliphatic rings. The molecule has 100 valence electrons. The van der Waals surface area contributed by atoms with Crippen LogP contribution in [0.5, 0.6) is 0 Å². The van der Waals surface area contributed by atoms with E-state index in [4.69, 9.17) is 9.47 Å². The fraction of sp³-hybridized carbons (Fsp3) is 0.571. The van der Waals surface area contributed by atoms with Gasteiger partial charge in [0.1, 0.15) is 0 Å². The van der Waals surface area contributed by atoms with Crippen LogP contribution in [-0.4, -0.2) is 33.5 Å². The summed E-state index contributed by atoms with van der Waals surface area (Å²) in [6.45, 7) is 4.30. The van der Waals surface area contributed by atoms with Gasteiger partial charge in [0.05, 0.1) is 12.7 Å². The van der Waals surface area contributed by atoms with Gasteiger partial charge in [0.2, 0.25) is 0 Å². The van der Waals surface area contributed by atoms with Crippen molar-refractivity contribution >= 4 is 0 Å². The quantitative estimate of drug-likeness (QED) is 0.759. The smallest absolute Gasteiger partial charge is 0.0928 e. The van der Waals surface area contributed by atoms with Gasteiger partial charge in [0.15, 0.2) is 0 Å². The lowest BCUT2D eigenvalue weighted by atomic mass is 10.1. The Kier molecular flexibility index (Phi) is 5.13. The van der Waals surface area contributed by atoms with Crippen LogP contribution < -0.4 is 10.6 Å². The van der Waals surface area contributed by atoms with Crippen molar-refractivity contribution in [2.45, 2.75) is 25.7 Å². The summed E-state index contributed by atoms with van der Waals surface area (Å²) < 4.78 is 10.4. The van der Waals surface area contributed by atoms with Gasteiger partial charge in [-0.05, 0) is 16.7 Å². The lowest BCUT2D eigenvalue weighted by Crippen LogP contribution is -2.31. The molecule has 4 nitrogen and oxygen atoms in total. The first-order chi connectivity index (χ1) is 8.83. The minimum atomic E-state index is 0.117. The maximum absolute atomic E-state index is 5.31. The molecule has 0 spiro atoms. The standard InChI is InChI=1S/C14H22N2O2/c1-17-10-14(18-2)9-15-6-11-3-4-12-7-16-8-13(12)5-11/h3-5,14-16H,6-10H2,1-2H3. The summed E-state index contributed by atoms with van der Waals surface area (Å²) in [6.07, 6.45) is 0.117. The molecule has 4 heteroatoms. The van der Waals surface area contributed by atoms with Crippen molar-refractivity contribution in [1.82, 2.24) is 10.6 Å². The second kappa shape index (κ2) is 6.85. The summed E-state index contributed by atoms with van der Waals surface area (Å²) in [5, 5.41) is 6.76. The first-order valence-corrected chi connectivity index (χ1v) is 6.37. The highest BCUT2D eigenvalue weighted by Crippen LogP contribution is 2.16. The topological polar surface area (TPSA) is 42.5 Å². The van der Waals surface area contributed by atoms with Crippen LogP contribution >= 0.6 is 0 Å². The molecule has 0 aliphatic carbocycles. The Morgan fingerprint density at radius 3 is 2.89 bits per heavy atom. The van der Waals surface area contributed by atoms with Crippen LogP contribution in [-0.2, 0) is 29.1 Å². The van der Waals surface area contributed by atoms with Crippen molar-refractivity contribution in [3.8, 4) is 0 Å². The van der Waals surface area contributed by atoms with Crippen molar-refractivity contribution in [2.75, 3.05) is 27.4 Å². The van der Waals surface area contributed by atoms with Gasteiger partial charge in [0, 0.05) is 40.4 Å². The van der Waals surface area contributed by atoms with Gasteiger partial charge >= 0.3 is 0 Å². The Hall–Kier alpha value is -0.940. The van der Waals surface area contributed by atoms with Crippen molar-refractivity contribution in [2.24, 2.45) is 0 Å². The summed E-state index contributed by atoms with van der Waals surface area (Å²) in [5.74, 6) is 0. The number of fused-ring (bicyclic) bond motifs is 1. The SMILES string of the molecule is COCC(CNCc1ccc2c(c1)CNC2)OC. The second-order valence-electron chi connectivity index (χ2n) is 4.65. The van der Waals surface area contributed by atoms with E-state index in [0.29, 0.717) is 6.61 Å². The monoisotopic (exact) mass is 250 g/mol. The molecular formula is C14H22N2O2. The van der Waals surface area contributed by atoms with Gasteiger partial charge < -0.3 is 20.1 Å². The Morgan fingerprint density at radius 2 is 2.11 bits per heavy atom. The van der Waals surface area contributed by atoms with Gasteiger partial charge in [-0.15, -0.1) is 0 Å². The number of hydrogen-bond donors (Lipinski definition) is 2. The van der Waals surface area contributed by atoms with Gasteiger partial charge in [-0.2, -0.15) is 0 Å². The van der Waals surface area contributed by atoms with E-state index in [1.54, 1.807) is 14.2 Å². The van der Waals surface area contributed by atoms with E-state index < -0.39 is 0 Å². The summed E-state index contributed by atoms with van der Waals surface area (Å²) in [4.78, 5) is 0. The summed E-state index contributed by atoms with van der Waals surface area (Å²) in [7, 11) is 3.41. The fourth-order valence-corrected chi connectivity index (χ4v) is 2.23. The Bertz CT molecular complexity index is 382. The van der Waals surface area contributed by atoms with E-state index in [9.17, 15) is 0 Å². The zero-order valence-corrected chi connectivity index (χ0v) is 11.2. The van der Waals surface area contributed by atoms with E-state index in [1.807, 2.05) is 0 Å². The van der Waals surface area contributed by atoms with Gasteiger partial charge in [0.25, 0.3) is 0 Å². The van der Waals surface area contributed by atoms with Crippen LogP contribution in [0.1, 0.15) is 16.7 Å². The van der Waals surface area contributed by atoms with Gasteiger partial charge in [-0.25, -0.2) is 0 Å². The molecule has 0 amide bonds. The highest BCUT2D eigenvalue weighted by molar-refractivity contribution is 5.34. The first-order valence-electron chi connectivity index (χ1n) is 6.37. The largest absolute Gasteiger partial charge is 0.382 e. The third kappa shape index (κ3) is 3.53. The predicted molar refractivity (Wildman–Crippen MR) is 71.4 cm³/mol. The van der Waals surface area contributed by atoms with Crippen LogP contribution in [0.4, 0.5) is 0 Å². The molecule has 0 radical (unpaired) electrons.